The number of aliphatic hydroxyl groups excluding tert-OH is 1. The molecule has 1 rings (SSSR count). The van der Waals surface area contributed by atoms with Crippen LogP contribution in [0, 0.1) is 5.41 Å². The standard InChI is InChI=1S/C17H29NO2/c1-16(2,3)13-7-8-14(20)12(9-13)10-18-15(11-19)17(4,5)6/h7-9,15,18-20H,10-11H2,1-6H3/t15-/m1/s1. The van der Waals surface area contributed by atoms with E-state index in [1.54, 1.807) is 6.07 Å². The number of aromatic hydroxyl groups is 1. The number of hydrogen-bond donors (Lipinski definition) is 3. The summed E-state index contributed by atoms with van der Waals surface area (Å²) in [5.41, 5.74) is 2.11. The van der Waals surface area contributed by atoms with Gasteiger partial charge in [-0.3, -0.25) is 0 Å². The molecule has 0 aliphatic carbocycles. The average molecular weight is 279 g/mol. The molecule has 3 N–H and O–H groups in total. The topological polar surface area (TPSA) is 52.5 Å². The van der Waals surface area contributed by atoms with E-state index >= 15 is 0 Å². The molecule has 0 radical (unpaired) electrons. The number of phenolic OH excluding ortho intramolecular Hbond substituents is 1. The van der Waals surface area contributed by atoms with Crippen LogP contribution in [-0.4, -0.2) is 22.9 Å². The predicted octanol–water partition coefficient (Wildman–Crippen LogP) is 3.19. The van der Waals surface area contributed by atoms with Crippen molar-refractivity contribution in [3.05, 3.63) is 29.3 Å². The molecule has 0 saturated carbocycles. The highest BCUT2D eigenvalue weighted by molar-refractivity contribution is 5.38. The lowest BCUT2D eigenvalue weighted by atomic mass is 9.85. The first kappa shape index (κ1) is 17.0. The van der Waals surface area contributed by atoms with Crippen molar-refractivity contribution >= 4 is 0 Å². The molecule has 0 bridgehead atoms. The minimum Gasteiger partial charge on any atom is -0.508 e. The molecule has 0 aromatic heterocycles. The van der Waals surface area contributed by atoms with E-state index in [1.807, 2.05) is 12.1 Å². The average Bonchev–Trinajstić information content (AvgIpc) is 2.28. The highest BCUT2D eigenvalue weighted by Gasteiger charge is 2.23. The van der Waals surface area contributed by atoms with Gasteiger partial charge in [-0.15, -0.1) is 0 Å². The predicted molar refractivity (Wildman–Crippen MR) is 84.0 cm³/mol. The first-order chi connectivity index (χ1) is 9.05. The van der Waals surface area contributed by atoms with Gasteiger partial charge in [0.25, 0.3) is 0 Å². The lowest BCUT2D eigenvalue weighted by Gasteiger charge is -2.30. The normalized spacial score (nSPS) is 14.3. The van der Waals surface area contributed by atoms with Gasteiger partial charge in [0.05, 0.1) is 6.61 Å². The molecule has 0 fully saturated rings. The van der Waals surface area contributed by atoms with Crippen molar-refractivity contribution in [1.82, 2.24) is 5.32 Å². The zero-order chi connectivity index (χ0) is 15.6. The Morgan fingerprint density at radius 1 is 1.10 bits per heavy atom. The van der Waals surface area contributed by atoms with Crippen LogP contribution in [0.3, 0.4) is 0 Å². The van der Waals surface area contributed by atoms with Crippen LogP contribution in [-0.2, 0) is 12.0 Å². The van der Waals surface area contributed by atoms with Crippen molar-refractivity contribution < 1.29 is 10.2 Å². The highest BCUT2D eigenvalue weighted by Crippen LogP contribution is 2.28. The quantitative estimate of drug-likeness (QED) is 0.793. The molecule has 0 saturated heterocycles. The van der Waals surface area contributed by atoms with Gasteiger partial charge >= 0.3 is 0 Å². The summed E-state index contributed by atoms with van der Waals surface area (Å²) >= 11 is 0. The summed E-state index contributed by atoms with van der Waals surface area (Å²) in [6.07, 6.45) is 0. The molecule has 0 unspecified atom stereocenters. The van der Waals surface area contributed by atoms with Crippen LogP contribution in [0.4, 0.5) is 0 Å². The van der Waals surface area contributed by atoms with Gasteiger partial charge in [0.1, 0.15) is 5.75 Å². The van der Waals surface area contributed by atoms with E-state index < -0.39 is 0 Å². The Hall–Kier alpha value is -1.06. The Bertz CT molecular complexity index is 441. The largest absolute Gasteiger partial charge is 0.508 e. The zero-order valence-corrected chi connectivity index (χ0v) is 13.6. The number of phenols is 1. The molecular weight excluding hydrogens is 250 g/mol. The van der Waals surface area contributed by atoms with Crippen molar-refractivity contribution in [1.29, 1.82) is 0 Å². The Balaban J connectivity index is 2.87. The molecule has 1 atom stereocenters. The summed E-state index contributed by atoms with van der Waals surface area (Å²) in [6, 6.07) is 5.76. The van der Waals surface area contributed by atoms with E-state index in [9.17, 15) is 10.2 Å². The van der Waals surface area contributed by atoms with E-state index in [-0.39, 0.29) is 23.5 Å². The fraction of sp³-hybridized carbons (Fsp3) is 0.647. The molecule has 1 aromatic rings. The molecule has 0 amide bonds. The minimum atomic E-state index is -0.0218. The minimum absolute atomic E-state index is 0.000179. The SMILES string of the molecule is CC(C)(C)c1ccc(O)c(CN[C@H](CO)C(C)(C)C)c1. The van der Waals surface area contributed by atoms with Gasteiger partial charge < -0.3 is 15.5 Å². The van der Waals surface area contributed by atoms with Gasteiger partial charge in [0.15, 0.2) is 0 Å². The summed E-state index contributed by atoms with van der Waals surface area (Å²) in [5.74, 6) is 0.302. The van der Waals surface area contributed by atoms with Crippen LogP contribution in [0.5, 0.6) is 5.75 Å². The van der Waals surface area contributed by atoms with Crippen molar-refractivity contribution in [3.8, 4) is 5.75 Å². The third kappa shape index (κ3) is 4.50. The van der Waals surface area contributed by atoms with E-state index in [1.165, 1.54) is 5.56 Å². The third-order valence-electron chi connectivity index (χ3n) is 3.71. The van der Waals surface area contributed by atoms with E-state index in [2.05, 4.69) is 46.9 Å². The molecular formula is C17H29NO2. The smallest absolute Gasteiger partial charge is 0.120 e. The van der Waals surface area contributed by atoms with Crippen LogP contribution in [0.1, 0.15) is 52.7 Å². The number of nitrogens with one attached hydrogen (secondary N) is 1. The number of rotatable bonds is 4. The maximum absolute atomic E-state index is 9.99. The Morgan fingerprint density at radius 2 is 1.70 bits per heavy atom. The second-order valence-corrected chi connectivity index (χ2v) is 7.58. The van der Waals surface area contributed by atoms with Crippen molar-refractivity contribution in [2.75, 3.05) is 6.61 Å². The van der Waals surface area contributed by atoms with E-state index in [0.717, 1.165) is 5.56 Å². The number of aliphatic hydroxyl groups is 1. The molecule has 0 aliphatic heterocycles. The third-order valence-corrected chi connectivity index (χ3v) is 3.71. The maximum atomic E-state index is 9.99. The maximum Gasteiger partial charge on any atom is 0.120 e. The summed E-state index contributed by atoms with van der Waals surface area (Å²) in [4.78, 5) is 0. The summed E-state index contributed by atoms with van der Waals surface area (Å²) in [5, 5.41) is 22.8. The molecule has 0 heterocycles. The lowest BCUT2D eigenvalue weighted by molar-refractivity contribution is 0.157. The van der Waals surface area contributed by atoms with Gasteiger partial charge in [0, 0.05) is 18.2 Å². The molecule has 20 heavy (non-hydrogen) atoms. The van der Waals surface area contributed by atoms with Gasteiger partial charge in [-0.1, -0.05) is 53.7 Å². The van der Waals surface area contributed by atoms with Gasteiger partial charge in [0.2, 0.25) is 0 Å². The summed E-state index contributed by atoms with van der Waals surface area (Å²) in [6.45, 7) is 13.4. The Kier molecular flexibility index (Phi) is 5.22. The fourth-order valence-electron chi connectivity index (χ4n) is 2.07. The van der Waals surface area contributed by atoms with Gasteiger partial charge in [-0.2, -0.15) is 0 Å². The van der Waals surface area contributed by atoms with Crippen LogP contribution >= 0.6 is 0 Å². The fourth-order valence-corrected chi connectivity index (χ4v) is 2.07. The Morgan fingerprint density at radius 3 is 2.15 bits per heavy atom. The molecule has 3 nitrogen and oxygen atoms in total. The summed E-state index contributed by atoms with van der Waals surface area (Å²) < 4.78 is 0. The molecule has 0 aliphatic rings. The Labute approximate surface area is 123 Å². The van der Waals surface area contributed by atoms with E-state index in [4.69, 9.17) is 0 Å². The van der Waals surface area contributed by atoms with Gasteiger partial charge in [-0.25, -0.2) is 0 Å². The first-order valence-electron chi connectivity index (χ1n) is 7.22. The monoisotopic (exact) mass is 279 g/mol. The second-order valence-electron chi connectivity index (χ2n) is 7.58. The lowest BCUT2D eigenvalue weighted by Crippen LogP contribution is -2.42. The van der Waals surface area contributed by atoms with Crippen molar-refractivity contribution in [3.63, 3.8) is 0 Å². The van der Waals surface area contributed by atoms with Gasteiger partial charge in [-0.05, 0) is 22.5 Å². The summed E-state index contributed by atoms with van der Waals surface area (Å²) in [7, 11) is 0. The van der Waals surface area contributed by atoms with Crippen LogP contribution in [0.2, 0.25) is 0 Å². The van der Waals surface area contributed by atoms with Crippen LogP contribution in [0.25, 0.3) is 0 Å². The van der Waals surface area contributed by atoms with Crippen molar-refractivity contribution in [2.45, 2.75) is 59.5 Å². The molecule has 0 spiro atoms. The highest BCUT2D eigenvalue weighted by atomic mass is 16.3. The first-order valence-corrected chi connectivity index (χ1v) is 7.22. The second kappa shape index (κ2) is 6.15. The van der Waals surface area contributed by atoms with Crippen LogP contribution < -0.4 is 5.32 Å². The number of hydrogen-bond acceptors (Lipinski definition) is 3. The molecule has 3 heteroatoms. The van der Waals surface area contributed by atoms with E-state index in [0.29, 0.717) is 12.3 Å². The molecule has 1 aromatic carbocycles. The zero-order valence-electron chi connectivity index (χ0n) is 13.6. The molecule has 114 valence electrons. The van der Waals surface area contributed by atoms with Crippen molar-refractivity contribution in [2.24, 2.45) is 5.41 Å². The van der Waals surface area contributed by atoms with Crippen LogP contribution in [0.15, 0.2) is 18.2 Å². The number of benzene rings is 1.